The van der Waals surface area contributed by atoms with Crippen LogP contribution in [0.15, 0.2) is 12.3 Å². The summed E-state index contributed by atoms with van der Waals surface area (Å²) in [5.41, 5.74) is 1.13. The van der Waals surface area contributed by atoms with Gasteiger partial charge in [-0.25, -0.2) is 9.97 Å². The molecule has 0 radical (unpaired) electrons. The van der Waals surface area contributed by atoms with Crippen LogP contribution in [-0.4, -0.2) is 40.5 Å². The van der Waals surface area contributed by atoms with Crippen LogP contribution in [0.1, 0.15) is 24.9 Å². The van der Waals surface area contributed by atoms with E-state index < -0.39 is 0 Å². The number of aromatic nitrogens is 2. The molecule has 0 bridgehead atoms. The predicted molar refractivity (Wildman–Crippen MR) is 64.1 cm³/mol. The molecule has 0 amide bonds. The number of piperazine rings is 1. The molecule has 4 heteroatoms. The van der Waals surface area contributed by atoms with Crippen LogP contribution in [0, 0.1) is 6.92 Å². The van der Waals surface area contributed by atoms with E-state index in [1.54, 1.807) is 0 Å². The fraction of sp³-hybridized carbons (Fsp3) is 0.667. The number of nitrogens with one attached hydrogen (secondary N) is 1. The maximum absolute atomic E-state index is 4.44. The van der Waals surface area contributed by atoms with Gasteiger partial charge in [0.2, 0.25) is 0 Å². The molecule has 0 spiro atoms. The summed E-state index contributed by atoms with van der Waals surface area (Å²) in [5, 5.41) is 3.52. The molecule has 2 rings (SSSR count). The summed E-state index contributed by atoms with van der Waals surface area (Å²) >= 11 is 0. The molecule has 4 nitrogen and oxygen atoms in total. The zero-order valence-corrected chi connectivity index (χ0v) is 10.1. The molecule has 88 valence electrons. The Kier molecular flexibility index (Phi) is 3.85. The summed E-state index contributed by atoms with van der Waals surface area (Å²) in [7, 11) is 0. The van der Waals surface area contributed by atoms with Crippen LogP contribution >= 0.6 is 0 Å². The lowest BCUT2D eigenvalue weighted by atomic mass is 10.1. The standard InChI is InChI=1S/C12H20N4/c1-3-11-8-16(7-6-14-11)9-12-4-5-13-10(2)15-12/h4-5,11,14H,3,6-9H2,1-2H3. The third-order valence-electron chi connectivity index (χ3n) is 3.05. The number of hydrogen-bond donors (Lipinski definition) is 1. The number of hydrogen-bond acceptors (Lipinski definition) is 4. The van der Waals surface area contributed by atoms with E-state index in [0.717, 1.165) is 37.7 Å². The lowest BCUT2D eigenvalue weighted by Crippen LogP contribution is -2.49. The molecule has 1 fully saturated rings. The Morgan fingerprint density at radius 2 is 2.44 bits per heavy atom. The first-order chi connectivity index (χ1) is 7.78. The van der Waals surface area contributed by atoms with Crippen LogP contribution in [0.2, 0.25) is 0 Å². The van der Waals surface area contributed by atoms with Gasteiger partial charge >= 0.3 is 0 Å². The summed E-state index contributed by atoms with van der Waals surface area (Å²) in [6, 6.07) is 2.65. The van der Waals surface area contributed by atoms with E-state index in [1.165, 1.54) is 6.42 Å². The van der Waals surface area contributed by atoms with Gasteiger partial charge < -0.3 is 5.32 Å². The zero-order chi connectivity index (χ0) is 11.4. The first-order valence-corrected chi connectivity index (χ1v) is 6.02. The fourth-order valence-electron chi connectivity index (χ4n) is 2.13. The Morgan fingerprint density at radius 1 is 1.56 bits per heavy atom. The SMILES string of the molecule is CCC1CN(Cc2ccnc(C)n2)CCN1. The van der Waals surface area contributed by atoms with Gasteiger partial charge in [-0.15, -0.1) is 0 Å². The Labute approximate surface area is 97.1 Å². The van der Waals surface area contributed by atoms with Crippen molar-refractivity contribution in [3.63, 3.8) is 0 Å². The van der Waals surface area contributed by atoms with Crippen molar-refractivity contribution in [2.75, 3.05) is 19.6 Å². The Hall–Kier alpha value is -1.00. The molecule has 1 aromatic rings. The molecule has 1 atom stereocenters. The number of aryl methyl sites for hydroxylation is 1. The van der Waals surface area contributed by atoms with E-state index in [-0.39, 0.29) is 0 Å². The van der Waals surface area contributed by atoms with E-state index in [1.807, 2.05) is 19.2 Å². The molecular formula is C12H20N4. The molecule has 1 aromatic heterocycles. The largest absolute Gasteiger partial charge is 0.311 e. The maximum atomic E-state index is 4.44. The third kappa shape index (κ3) is 3.00. The second-order valence-corrected chi connectivity index (χ2v) is 4.39. The highest BCUT2D eigenvalue weighted by Gasteiger charge is 2.17. The average Bonchev–Trinajstić information content (AvgIpc) is 2.29. The normalized spacial score (nSPS) is 22.2. The highest BCUT2D eigenvalue weighted by Crippen LogP contribution is 2.07. The van der Waals surface area contributed by atoms with Gasteiger partial charge in [0.25, 0.3) is 0 Å². The quantitative estimate of drug-likeness (QED) is 0.824. The minimum atomic E-state index is 0.636. The van der Waals surface area contributed by atoms with Crippen LogP contribution in [0.3, 0.4) is 0 Å². The van der Waals surface area contributed by atoms with Crippen molar-refractivity contribution in [3.8, 4) is 0 Å². The van der Waals surface area contributed by atoms with E-state index in [9.17, 15) is 0 Å². The number of rotatable bonds is 3. The summed E-state index contributed by atoms with van der Waals surface area (Å²) < 4.78 is 0. The summed E-state index contributed by atoms with van der Waals surface area (Å²) in [6.07, 6.45) is 3.04. The highest BCUT2D eigenvalue weighted by atomic mass is 15.2. The first kappa shape index (κ1) is 11.5. The molecule has 1 aliphatic heterocycles. The van der Waals surface area contributed by atoms with Gasteiger partial charge in [-0.3, -0.25) is 4.90 Å². The molecule has 1 saturated heterocycles. The van der Waals surface area contributed by atoms with Gasteiger partial charge in [0, 0.05) is 38.4 Å². The lowest BCUT2D eigenvalue weighted by Gasteiger charge is -2.32. The average molecular weight is 220 g/mol. The van der Waals surface area contributed by atoms with E-state index in [4.69, 9.17) is 0 Å². The van der Waals surface area contributed by atoms with E-state index in [2.05, 4.69) is 27.1 Å². The van der Waals surface area contributed by atoms with Crippen molar-refractivity contribution in [2.24, 2.45) is 0 Å². The van der Waals surface area contributed by atoms with Gasteiger partial charge in [-0.2, -0.15) is 0 Å². The second kappa shape index (κ2) is 5.37. The van der Waals surface area contributed by atoms with Crippen LogP contribution < -0.4 is 5.32 Å². The van der Waals surface area contributed by atoms with Crippen molar-refractivity contribution in [1.82, 2.24) is 20.2 Å². The summed E-state index contributed by atoms with van der Waals surface area (Å²) in [4.78, 5) is 11.0. The monoisotopic (exact) mass is 220 g/mol. The fourth-order valence-corrected chi connectivity index (χ4v) is 2.13. The molecular weight excluding hydrogens is 200 g/mol. The highest BCUT2D eigenvalue weighted by molar-refractivity contribution is 5.01. The molecule has 0 aliphatic carbocycles. The van der Waals surface area contributed by atoms with E-state index in [0.29, 0.717) is 6.04 Å². The molecule has 2 heterocycles. The van der Waals surface area contributed by atoms with Gasteiger partial charge in [-0.1, -0.05) is 6.92 Å². The molecule has 0 aromatic carbocycles. The predicted octanol–water partition coefficient (Wildman–Crippen LogP) is 0.969. The molecule has 1 unspecified atom stereocenters. The number of nitrogens with zero attached hydrogens (tertiary/aromatic N) is 3. The third-order valence-corrected chi connectivity index (χ3v) is 3.05. The van der Waals surface area contributed by atoms with Gasteiger partial charge in [-0.05, 0) is 19.4 Å². The van der Waals surface area contributed by atoms with Crippen LogP contribution in [0.4, 0.5) is 0 Å². The Bertz CT molecular complexity index is 340. The second-order valence-electron chi connectivity index (χ2n) is 4.39. The van der Waals surface area contributed by atoms with Crippen molar-refractivity contribution in [2.45, 2.75) is 32.9 Å². The van der Waals surface area contributed by atoms with Crippen molar-refractivity contribution in [3.05, 3.63) is 23.8 Å². The molecule has 1 N–H and O–H groups in total. The molecule has 16 heavy (non-hydrogen) atoms. The molecule has 0 saturated carbocycles. The van der Waals surface area contributed by atoms with Crippen molar-refractivity contribution < 1.29 is 0 Å². The Morgan fingerprint density at radius 3 is 3.19 bits per heavy atom. The maximum Gasteiger partial charge on any atom is 0.125 e. The molecule has 1 aliphatic rings. The van der Waals surface area contributed by atoms with Crippen LogP contribution in [0.5, 0.6) is 0 Å². The topological polar surface area (TPSA) is 41.1 Å². The minimum absolute atomic E-state index is 0.636. The first-order valence-electron chi connectivity index (χ1n) is 6.02. The Balaban J connectivity index is 1.94. The smallest absolute Gasteiger partial charge is 0.125 e. The van der Waals surface area contributed by atoms with Crippen LogP contribution in [-0.2, 0) is 6.54 Å². The lowest BCUT2D eigenvalue weighted by molar-refractivity contribution is 0.188. The van der Waals surface area contributed by atoms with Crippen LogP contribution in [0.25, 0.3) is 0 Å². The summed E-state index contributed by atoms with van der Waals surface area (Å²) in [5.74, 6) is 0.861. The van der Waals surface area contributed by atoms with E-state index >= 15 is 0 Å². The van der Waals surface area contributed by atoms with Crippen molar-refractivity contribution in [1.29, 1.82) is 0 Å². The summed E-state index contributed by atoms with van der Waals surface area (Å²) in [6.45, 7) is 8.44. The van der Waals surface area contributed by atoms with Gasteiger partial charge in [0.05, 0.1) is 5.69 Å². The minimum Gasteiger partial charge on any atom is -0.311 e. The van der Waals surface area contributed by atoms with Gasteiger partial charge in [0.1, 0.15) is 5.82 Å². The van der Waals surface area contributed by atoms with Gasteiger partial charge in [0.15, 0.2) is 0 Å². The van der Waals surface area contributed by atoms with Crippen molar-refractivity contribution >= 4 is 0 Å². The zero-order valence-electron chi connectivity index (χ0n) is 10.1.